The number of hydrogen-bond donors (Lipinski definition) is 0. The molecular weight excluding hydrogens is 308 g/mol. The van der Waals surface area contributed by atoms with E-state index < -0.39 is 0 Å². The van der Waals surface area contributed by atoms with Crippen molar-refractivity contribution in [3.63, 3.8) is 0 Å². The first-order valence-corrected chi connectivity index (χ1v) is 8.20. The van der Waals surface area contributed by atoms with Gasteiger partial charge in [-0.15, -0.1) is 10.2 Å². The molecule has 3 aromatic rings. The normalized spacial score (nSPS) is 11.0. The van der Waals surface area contributed by atoms with Crippen molar-refractivity contribution in [3.8, 4) is 11.3 Å². The molecule has 0 aliphatic rings. The van der Waals surface area contributed by atoms with Crippen LogP contribution in [0.1, 0.15) is 5.56 Å². The minimum Gasteiger partial charge on any atom is -0.265 e. The van der Waals surface area contributed by atoms with Crippen LogP contribution in [-0.4, -0.2) is 27.3 Å². The fraction of sp³-hybridized carbons (Fsp3) is 0.0588. The van der Waals surface area contributed by atoms with E-state index in [1.807, 2.05) is 66.9 Å². The molecule has 0 saturated heterocycles. The summed E-state index contributed by atoms with van der Waals surface area (Å²) >= 11 is 1.32. The molecule has 2 aromatic carbocycles. The Morgan fingerprint density at radius 3 is 2.30 bits per heavy atom. The molecule has 0 N–H and O–H groups in total. The van der Waals surface area contributed by atoms with Gasteiger partial charge in [0.25, 0.3) is 0 Å². The van der Waals surface area contributed by atoms with Gasteiger partial charge >= 0.3 is 5.56 Å². The predicted octanol–water partition coefficient (Wildman–Crippen LogP) is 2.91. The topological polar surface area (TPSA) is 60.1 Å². The summed E-state index contributed by atoms with van der Waals surface area (Å²) in [4.78, 5) is 12.7. The van der Waals surface area contributed by atoms with Crippen LogP contribution in [0.2, 0.25) is 0 Å². The van der Waals surface area contributed by atoms with Crippen molar-refractivity contribution >= 4 is 18.0 Å². The molecule has 0 fully saturated rings. The van der Waals surface area contributed by atoms with E-state index in [1.165, 1.54) is 16.4 Å². The van der Waals surface area contributed by atoms with Crippen LogP contribution in [0.3, 0.4) is 0 Å². The largest absolute Gasteiger partial charge is 0.301 e. The van der Waals surface area contributed by atoms with Crippen LogP contribution < -0.4 is 5.56 Å². The zero-order chi connectivity index (χ0) is 16.1. The zero-order valence-corrected chi connectivity index (χ0v) is 13.3. The van der Waals surface area contributed by atoms with Gasteiger partial charge in [0.2, 0.25) is 5.16 Å². The van der Waals surface area contributed by atoms with Crippen molar-refractivity contribution in [1.29, 1.82) is 0 Å². The van der Waals surface area contributed by atoms with Gasteiger partial charge in [-0.25, -0.2) is 0 Å². The molecule has 6 heteroatoms. The summed E-state index contributed by atoms with van der Waals surface area (Å²) in [6.07, 6.45) is 3.47. The average Bonchev–Trinajstić information content (AvgIpc) is 2.62. The van der Waals surface area contributed by atoms with Crippen LogP contribution in [0, 0.1) is 0 Å². The van der Waals surface area contributed by atoms with Gasteiger partial charge in [-0.3, -0.25) is 4.79 Å². The van der Waals surface area contributed by atoms with E-state index in [2.05, 4.69) is 15.3 Å². The molecule has 0 aliphatic carbocycles. The number of nitrogens with zero attached hydrogens (tertiary/aromatic N) is 4. The summed E-state index contributed by atoms with van der Waals surface area (Å²) in [5, 5.41) is 12.9. The van der Waals surface area contributed by atoms with Gasteiger partial charge in [0.1, 0.15) is 0 Å². The third-order valence-electron chi connectivity index (χ3n) is 3.16. The summed E-state index contributed by atoms with van der Waals surface area (Å²) in [6, 6.07) is 18.9. The molecule has 3 rings (SSSR count). The quantitative estimate of drug-likeness (QED) is 0.547. The molecule has 5 nitrogen and oxygen atoms in total. The Bertz CT molecular complexity index is 876. The van der Waals surface area contributed by atoms with Gasteiger partial charge in [0.05, 0.1) is 6.21 Å². The summed E-state index contributed by atoms with van der Waals surface area (Å²) in [6.45, 7) is 0. The van der Waals surface area contributed by atoms with Crippen LogP contribution >= 0.6 is 11.8 Å². The minimum atomic E-state index is -0.289. The van der Waals surface area contributed by atoms with E-state index in [9.17, 15) is 4.79 Å². The van der Waals surface area contributed by atoms with Crippen LogP contribution in [0.4, 0.5) is 0 Å². The first-order valence-electron chi connectivity index (χ1n) is 6.98. The lowest BCUT2D eigenvalue weighted by Crippen LogP contribution is -2.23. The third kappa shape index (κ3) is 3.37. The second-order valence-electron chi connectivity index (χ2n) is 4.67. The van der Waals surface area contributed by atoms with E-state index in [1.54, 1.807) is 6.21 Å². The maximum absolute atomic E-state index is 12.7. The SMILES string of the molecule is CSc1nnc(-c2ccccc2)c(=O)n1N=Cc1ccccc1. The van der Waals surface area contributed by atoms with E-state index in [0.29, 0.717) is 5.16 Å². The van der Waals surface area contributed by atoms with Crippen molar-refractivity contribution in [1.82, 2.24) is 14.9 Å². The lowest BCUT2D eigenvalue weighted by Gasteiger charge is -2.06. The standard InChI is InChI=1S/C17H14N4OS/c1-23-17-20-19-15(14-10-6-3-7-11-14)16(22)21(17)18-12-13-8-4-2-5-9-13/h2-12H,1H3. The highest BCUT2D eigenvalue weighted by Gasteiger charge is 2.12. The van der Waals surface area contributed by atoms with Gasteiger partial charge in [-0.1, -0.05) is 72.4 Å². The van der Waals surface area contributed by atoms with Crippen LogP contribution in [0.15, 0.2) is 75.7 Å². The molecule has 23 heavy (non-hydrogen) atoms. The molecule has 0 aliphatic heterocycles. The van der Waals surface area contributed by atoms with Gasteiger partial charge in [0, 0.05) is 5.56 Å². The summed E-state index contributed by atoms with van der Waals surface area (Å²) in [7, 11) is 0. The van der Waals surface area contributed by atoms with E-state index >= 15 is 0 Å². The van der Waals surface area contributed by atoms with Crippen LogP contribution in [0.25, 0.3) is 11.3 Å². The lowest BCUT2D eigenvalue weighted by molar-refractivity contribution is 0.653. The monoisotopic (exact) mass is 322 g/mol. The summed E-state index contributed by atoms with van der Waals surface area (Å²) in [5.41, 5.74) is 1.63. The first kappa shape index (κ1) is 15.2. The molecule has 114 valence electrons. The van der Waals surface area contributed by atoms with Crippen molar-refractivity contribution in [2.24, 2.45) is 5.10 Å². The number of hydrogen-bond acceptors (Lipinski definition) is 5. The van der Waals surface area contributed by atoms with Crippen LogP contribution in [0.5, 0.6) is 0 Å². The Morgan fingerprint density at radius 1 is 1.00 bits per heavy atom. The van der Waals surface area contributed by atoms with Gasteiger partial charge < -0.3 is 0 Å². The maximum atomic E-state index is 12.7. The molecule has 0 atom stereocenters. The molecular formula is C17H14N4OS. The number of rotatable bonds is 4. The van der Waals surface area contributed by atoms with E-state index in [0.717, 1.165) is 11.1 Å². The van der Waals surface area contributed by atoms with Gasteiger partial charge in [0.15, 0.2) is 5.69 Å². The third-order valence-corrected chi connectivity index (χ3v) is 3.78. The Labute approximate surface area is 137 Å². The molecule has 0 saturated carbocycles. The highest BCUT2D eigenvalue weighted by molar-refractivity contribution is 7.98. The van der Waals surface area contributed by atoms with Gasteiger partial charge in [-0.05, 0) is 11.8 Å². The first-order chi connectivity index (χ1) is 11.3. The van der Waals surface area contributed by atoms with Crippen molar-refractivity contribution in [3.05, 3.63) is 76.6 Å². The highest BCUT2D eigenvalue weighted by atomic mass is 32.2. The lowest BCUT2D eigenvalue weighted by atomic mass is 10.2. The smallest absolute Gasteiger partial charge is 0.265 e. The second kappa shape index (κ2) is 7.02. The molecule has 0 amide bonds. The molecule has 1 aromatic heterocycles. The molecule has 0 radical (unpaired) electrons. The molecule has 0 unspecified atom stereocenters. The summed E-state index contributed by atoms with van der Waals surface area (Å²) < 4.78 is 1.28. The van der Waals surface area contributed by atoms with E-state index in [4.69, 9.17) is 0 Å². The van der Waals surface area contributed by atoms with Crippen molar-refractivity contribution < 1.29 is 0 Å². The Hall–Kier alpha value is -2.73. The Balaban J connectivity index is 2.08. The predicted molar refractivity (Wildman–Crippen MR) is 92.9 cm³/mol. The van der Waals surface area contributed by atoms with Crippen molar-refractivity contribution in [2.45, 2.75) is 5.16 Å². The highest BCUT2D eigenvalue weighted by Crippen LogP contribution is 2.14. The van der Waals surface area contributed by atoms with Gasteiger partial charge in [-0.2, -0.15) is 9.78 Å². The Morgan fingerprint density at radius 2 is 1.65 bits per heavy atom. The maximum Gasteiger partial charge on any atom is 0.301 e. The fourth-order valence-corrected chi connectivity index (χ4v) is 2.46. The van der Waals surface area contributed by atoms with Crippen LogP contribution in [-0.2, 0) is 0 Å². The van der Waals surface area contributed by atoms with Crippen molar-refractivity contribution in [2.75, 3.05) is 6.26 Å². The number of aromatic nitrogens is 3. The number of thioether (sulfide) groups is 1. The number of benzene rings is 2. The average molecular weight is 322 g/mol. The zero-order valence-electron chi connectivity index (χ0n) is 12.5. The molecule has 1 heterocycles. The Kier molecular flexibility index (Phi) is 4.63. The summed E-state index contributed by atoms with van der Waals surface area (Å²) in [5.74, 6) is 0. The minimum absolute atomic E-state index is 0.286. The van der Waals surface area contributed by atoms with E-state index in [-0.39, 0.29) is 11.3 Å². The fourth-order valence-electron chi connectivity index (χ4n) is 2.03. The second-order valence-corrected chi connectivity index (χ2v) is 5.45. The molecule has 0 spiro atoms. The molecule has 0 bridgehead atoms.